The molecule has 102 valence electrons. The second-order valence-corrected chi connectivity index (χ2v) is 6.35. The fraction of sp³-hybridized carbons (Fsp3) is 0.364. The van der Waals surface area contributed by atoms with Crippen LogP contribution in [0.15, 0.2) is 29.7 Å². The average molecular weight is 281 g/mol. The SMILES string of the molecule is CC(C)n1ncnc1CS(=O)(=O)c1ccncc1N. The number of nitrogens with two attached hydrogens (primary N) is 1. The smallest absolute Gasteiger partial charge is 0.187 e. The van der Waals surface area contributed by atoms with Gasteiger partial charge in [0.15, 0.2) is 9.84 Å². The fourth-order valence-corrected chi connectivity index (χ4v) is 3.12. The first-order valence-electron chi connectivity index (χ1n) is 5.72. The maximum Gasteiger partial charge on any atom is 0.187 e. The lowest BCUT2D eigenvalue weighted by atomic mass is 10.4. The highest BCUT2D eigenvalue weighted by Crippen LogP contribution is 2.21. The molecule has 2 aromatic heterocycles. The molecular formula is C11H15N5O2S. The summed E-state index contributed by atoms with van der Waals surface area (Å²) in [6, 6.07) is 1.43. The predicted molar refractivity (Wildman–Crippen MR) is 69.9 cm³/mol. The molecular weight excluding hydrogens is 266 g/mol. The van der Waals surface area contributed by atoms with Crippen molar-refractivity contribution in [3.63, 3.8) is 0 Å². The molecule has 0 unspecified atom stereocenters. The van der Waals surface area contributed by atoms with Gasteiger partial charge in [0, 0.05) is 12.2 Å². The minimum absolute atomic E-state index is 0.0440. The van der Waals surface area contributed by atoms with Gasteiger partial charge in [0.05, 0.1) is 16.8 Å². The van der Waals surface area contributed by atoms with E-state index >= 15 is 0 Å². The molecule has 2 aromatic rings. The summed E-state index contributed by atoms with van der Waals surface area (Å²) in [4.78, 5) is 7.84. The molecule has 19 heavy (non-hydrogen) atoms. The molecule has 0 aliphatic rings. The highest BCUT2D eigenvalue weighted by Gasteiger charge is 2.22. The van der Waals surface area contributed by atoms with Crippen LogP contribution in [0.5, 0.6) is 0 Å². The van der Waals surface area contributed by atoms with Crippen LogP contribution in [0.1, 0.15) is 25.7 Å². The molecule has 7 nitrogen and oxygen atoms in total. The van der Waals surface area contributed by atoms with E-state index in [1.54, 1.807) is 4.68 Å². The molecule has 0 saturated carbocycles. The molecule has 0 spiro atoms. The Bertz CT molecular complexity index is 678. The van der Waals surface area contributed by atoms with Crippen molar-refractivity contribution in [2.45, 2.75) is 30.5 Å². The van der Waals surface area contributed by atoms with Gasteiger partial charge in [-0.15, -0.1) is 0 Å². The maximum atomic E-state index is 12.3. The number of nitrogen functional groups attached to an aromatic ring is 1. The van der Waals surface area contributed by atoms with E-state index in [0.29, 0.717) is 5.82 Å². The van der Waals surface area contributed by atoms with Gasteiger partial charge in [0.1, 0.15) is 17.9 Å². The molecule has 0 saturated heterocycles. The lowest BCUT2D eigenvalue weighted by Crippen LogP contribution is -2.14. The van der Waals surface area contributed by atoms with Gasteiger partial charge >= 0.3 is 0 Å². The number of aromatic nitrogens is 4. The molecule has 0 radical (unpaired) electrons. The normalized spacial score (nSPS) is 11.9. The number of hydrogen-bond donors (Lipinski definition) is 1. The molecule has 0 aliphatic carbocycles. The first kappa shape index (κ1) is 13.5. The third-order valence-electron chi connectivity index (χ3n) is 2.60. The van der Waals surface area contributed by atoms with Crippen molar-refractivity contribution in [2.75, 3.05) is 5.73 Å². The van der Waals surface area contributed by atoms with E-state index in [4.69, 9.17) is 5.73 Å². The molecule has 2 rings (SSSR count). The first-order chi connectivity index (χ1) is 8.92. The summed E-state index contributed by atoms with van der Waals surface area (Å²) in [6.07, 6.45) is 4.07. The van der Waals surface area contributed by atoms with E-state index in [1.807, 2.05) is 13.8 Å². The Morgan fingerprint density at radius 2 is 2.16 bits per heavy atom. The van der Waals surface area contributed by atoms with Crippen molar-refractivity contribution >= 4 is 15.5 Å². The third-order valence-corrected chi connectivity index (χ3v) is 4.28. The summed E-state index contributed by atoms with van der Waals surface area (Å²) in [5.41, 5.74) is 5.79. The van der Waals surface area contributed by atoms with Crippen LogP contribution in [-0.4, -0.2) is 28.2 Å². The Kier molecular flexibility index (Phi) is 3.52. The topological polar surface area (TPSA) is 104 Å². The second-order valence-electron chi connectivity index (χ2n) is 4.39. The van der Waals surface area contributed by atoms with Gasteiger partial charge in [0.25, 0.3) is 0 Å². The van der Waals surface area contributed by atoms with Crippen molar-refractivity contribution in [3.05, 3.63) is 30.6 Å². The highest BCUT2D eigenvalue weighted by atomic mass is 32.2. The zero-order valence-electron chi connectivity index (χ0n) is 10.7. The Morgan fingerprint density at radius 3 is 2.79 bits per heavy atom. The maximum absolute atomic E-state index is 12.3. The van der Waals surface area contributed by atoms with Crippen LogP contribution in [0.2, 0.25) is 0 Å². The zero-order chi connectivity index (χ0) is 14.0. The summed E-state index contributed by atoms with van der Waals surface area (Å²) in [5.74, 6) is 0.158. The monoisotopic (exact) mass is 281 g/mol. The van der Waals surface area contributed by atoms with E-state index in [2.05, 4.69) is 15.1 Å². The van der Waals surface area contributed by atoms with Crippen LogP contribution in [0.25, 0.3) is 0 Å². The number of pyridine rings is 1. The highest BCUT2D eigenvalue weighted by molar-refractivity contribution is 7.90. The standard InChI is InChI=1S/C11H15N5O2S/c1-8(2)16-11(14-7-15-16)6-19(17,18)10-3-4-13-5-9(10)12/h3-5,7-8H,6,12H2,1-2H3. The molecule has 0 bridgehead atoms. The molecule has 0 aliphatic heterocycles. The zero-order valence-corrected chi connectivity index (χ0v) is 11.5. The Balaban J connectivity index is 2.37. The predicted octanol–water partition coefficient (Wildman–Crippen LogP) is 0.810. The van der Waals surface area contributed by atoms with E-state index < -0.39 is 9.84 Å². The van der Waals surface area contributed by atoms with E-state index in [9.17, 15) is 8.42 Å². The van der Waals surface area contributed by atoms with Gasteiger partial charge in [-0.2, -0.15) is 5.10 Å². The number of nitrogens with zero attached hydrogens (tertiary/aromatic N) is 4. The summed E-state index contributed by atoms with van der Waals surface area (Å²) >= 11 is 0. The third kappa shape index (κ3) is 2.73. The van der Waals surface area contributed by atoms with Crippen molar-refractivity contribution in [1.29, 1.82) is 0 Å². The lowest BCUT2D eigenvalue weighted by molar-refractivity contribution is 0.510. The van der Waals surface area contributed by atoms with Crippen molar-refractivity contribution < 1.29 is 8.42 Å². The van der Waals surface area contributed by atoms with Crippen molar-refractivity contribution in [2.24, 2.45) is 0 Å². The molecule has 2 heterocycles. The number of sulfone groups is 1. The van der Waals surface area contributed by atoms with Crippen molar-refractivity contribution in [3.8, 4) is 0 Å². The Hall–Kier alpha value is -1.96. The Morgan fingerprint density at radius 1 is 1.42 bits per heavy atom. The Labute approximate surface area is 111 Å². The molecule has 8 heteroatoms. The molecule has 0 fully saturated rings. The van der Waals surface area contributed by atoms with Crippen LogP contribution in [0.3, 0.4) is 0 Å². The molecule has 0 atom stereocenters. The molecule has 0 amide bonds. The summed E-state index contributed by atoms with van der Waals surface area (Å²) in [7, 11) is -3.56. The van der Waals surface area contributed by atoms with E-state index in [1.165, 1.54) is 24.8 Å². The second kappa shape index (κ2) is 4.96. The largest absolute Gasteiger partial charge is 0.396 e. The minimum Gasteiger partial charge on any atom is -0.396 e. The van der Waals surface area contributed by atoms with Crippen molar-refractivity contribution in [1.82, 2.24) is 19.7 Å². The van der Waals surface area contributed by atoms with Gasteiger partial charge in [-0.05, 0) is 19.9 Å². The summed E-state index contributed by atoms with van der Waals surface area (Å²) in [5, 5.41) is 4.01. The van der Waals surface area contributed by atoms with Crippen LogP contribution in [0.4, 0.5) is 5.69 Å². The lowest BCUT2D eigenvalue weighted by Gasteiger charge is -2.10. The van der Waals surface area contributed by atoms with Crippen LogP contribution in [0, 0.1) is 0 Å². The van der Waals surface area contributed by atoms with Gasteiger partial charge in [-0.1, -0.05) is 0 Å². The minimum atomic E-state index is -3.56. The van der Waals surface area contributed by atoms with Gasteiger partial charge in [0.2, 0.25) is 0 Å². The van der Waals surface area contributed by atoms with E-state index in [-0.39, 0.29) is 22.4 Å². The average Bonchev–Trinajstić information content (AvgIpc) is 2.76. The van der Waals surface area contributed by atoms with Gasteiger partial charge in [-0.25, -0.2) is 18.1 Å². The van der Waals surface area contributed by atoms with Gasteiger partial charge in [-0.3, -0.25) is 4.98 Å². The molecule has 0 aromatic carbocycles. The number of hydrogen-bond acceptors (Lipinski definition) is 6. The summed E-state index contributed by atoms with van der Waals surface area (Å²) < 4.78 is 26.2. The van der Waals surface area contributed by atoms with Crippen LogP contribution < -0.4 is 5.73 Å². The number of rotatable bonds is 4. The van der Waals surface area contributed by atoms with E-state index in [0.717, 1.165) is 0 Å². The van der Waals surface area contributed by atoms with Crippen LogP contribution in [-0.2, 0) is 15.6 Å². The fourth-order valence-electron chi connectivity index (χ4n) is 1.73. The quantitative estimate of drug-likeness (QED) is 0.889. The first-order valence-corrected chi connectivity index (χ1v) is 7.37. The molecule has 2 N–H and O–H groups in total. The van der Waals surface area contributed by atoms with Gasteiger partial charge < -0.3 is 5.73 Å². The number of anilines is 1. The summed E-state index contributed by atoms with van der Waals surface area (Å²) in [6.45, 7) is 3.82. The van der Waals surface area contributed by atoms with Crippen LogP contribution >= 0.6 is 0 Å².